The molecule has 0 fully saturated rings. The maximum atomic E-state index is 12.7. The van der Waals surface area contributed by atoms with E-state index in [9.17, 15) is 19.2 Å². The van der Waals surface area contributed by atoms with E-state index >= 15 is 0 Å². The molecule has 1 aliphatic rings. The van der Waals surface area contributed by atoms with Crippen LogP contribution in [0.5, 0.6) is 0 Å². The van der Waals surface area contributed by atoms with Gasteiger partial charge in [0.15, 0.2) is 0 Å². The first-order chi connectivity index (χ1) is 17.0. The van der Waals surface area contributed by atoms with Crippen LogP contribution in [0.25, 0.3) is 11.1 Å². The third kappa shape index (κ3) is 6.84. The van der Waals surface area contributed by atoms with Gasteiger partial charge in [-0.2, -0.15) is 0 Å². The number of fused-ring (bicyclic) bond motifs is 3. The molecule has 1 atom stereocenters. The number of hydrogen-bond acceptors (Lipinski definition) is 6. The van der Waals surface area contributed by atoms with Gasteiger partial charge >= 0.3 is 18.0 Å². The number of hydrazine groups is 1. The normalized spacial score (nSPS) is 13.3. The van der Waals surface area contributed by atoms with Crippen LogP contribution in [-0.4, -0.2) is 42.1 Å². The van der Waals surface area contributed by atoms with Crippen molar-refractivity contribution in [2.45, 2.75) is 58.6 Å². The van der Waals surface area contributed by atoms with Crippen LogP contribution in [0.15, 0.2) is 48.5 Å². The molecule has 192 valence electrons. The molecular weight excluding hydrogens is 462 g/mol. The molecule has 1 aliphatic carbocycles. The summed E-state index contributed by atoms with van der Waals surface area (Å²) in [7, 11) is 0. The molecule has 9 nitrogen and oxygen atoms in total. The highest BCUT2D eigenvalue weighted by Gasteiger charge is 2.30. The Labute approximate surface area is 210 Å². The van der Waals surface area contributed by atoms with E-state index in [0.717, 1.165) is 22.3 Å². The number of benzene rings is 2. The third-order valence-electron chi connectivity index (χ3n) is 5.54. The second kappa shape index (κ2) is 11.2. The summed E-state index contributed by atoms with van der Waals surface area (Å²) in [5.41, 5.74) is 7.98. The summed E-state index contributed by atoms with van der Waals surface area (Å²) >= 11 is 0. The van der Waals surface area contributed by atoms with Gasteiger partial charge in [-0.15, -0.1) is 0 Å². The SMILES string of the molecule is CC(C)C[C@H](NC(=O)C(=O)OC(C)(C)C)C(=O)NNC(=O)OCC1c2ccccc2-c2ccccc21. The van der Waals surface area contributed by atoms with Gasteiger partial charge in [0.05, 0.1) is 0 Å². The van der Waals surface area contributed by atoms with Crippen LogP contribution < -0.4 is 16.2 Å². The number of carbonyl (C=O) groups is 4. The van der Waals surface area contributed by atoms with Gasteiger partial charge in [-0.3, -0.25) is 15.0 Å². The lowest BCUT2D eigenvalue weighted by atomic mass is 9.98. The second-order valence-corrected chi connectivity index (χ2v) is 10.1. The van der Waals surface area contributed by atoms with E-state index in [1.807, 2.05) is 62.4 Å². The molecule has 0 saturated heterocycles. The van der Waals surface area contributed by atoms with Gasteiger partial charge in [0, 0.05) is 5.92 Å². The molecule has 0 radical (unpaired) electrons. The molecule has 3 amide bonds. The molecule has 9 heteroatoms. The minimum Gasteiger partial charge on any atom is -0.453 e. The molecule has 0 heterocycles. The van der Waals surface area contributed by atoms with Gasteiger partial charge < -0.3 is 14.8 Å². The van der Waals surface area contributed by atoms with E-state index in [2.05, 4.69) is 16.2 Å². The van der Waals surface area contributed by atoms with Crippen LogP contribution in [0.2, 0.25) is 0 Å². The quantitative estimate of drug-likeness (QED) is 0.321. The maximum Gasteiger partial charge on any atom is 0.426 e. The number of carbonyl (C=O) groups excluding carboxylic acids is 4. The fourth-order valence-corrected chi connectivity index (χ4v) is 4.08. The van der Waals surface area contributed by atoms with E-state index < -0.39 is 35.5 Å². The molecule has 3 rings (SSSR count). The van der Waals surface area contributed by atoms with Gasteiger partial charge in [0.1, 0.15) is 18.2 Å². The van der Waals surface area contributed by atoms with Crippen LogP contribution in [0.3, 0.4) is 0 Å². The monoisotopic (exact) mass is 495 g/mol. The fraction of sp³-hybridized carbons (Fsp3) is 0.407. The first-order valence-corrected chi connectivity index (χ1v) is 11.9. The Hall–Kier alpha value is -3.88. The molecule has 36 heavy (non-hydrogen) atoms. The lowest BCUT2D eigenvalue weighted by Crippen LogP contribution is -2.54. The van der Waals surface area contributed by atoms with E-state index in [1.165, 1.54) is 0 Å². The van der Waals surface area contributed by atoms with Crippen molar-refractivity contribution in [1.82, 2.24) is 16.2 Å². The Morgan fingerprint density at radius 3 is 1.97 bits per heavy atom. The van der Waals surface area contributed by atoms with Crippen molar-refractivity contribution in [2.75, 3.05) is 6.61 Å². The predicted molar refractivity (Wildman–Crippen MR) is 134 cm³/mol. The Kier molecular flexibility index (Phi) is 8.34. The average molecular weight is 496 g/mol. The highest BCUT2D eigenvalue weighted by atomic mass is 16.6. The summed E-state index contributed by atoms with van der Waals surface area (Å²) in [6.07, 6.45) is -0.598. The lowest BCUT2D eigenvalue weighted by molar-refractivity contribution is -0.163. The minimum atomic E-state index is -1.09. The molecule has 0 unspecified atom stereocenters. The average Bonchev–Trinajstić information content (AvgIpc) is 3.13. The second-order valence-electron chi connectivity index (χ2n) is 10.1. The number of ether oxygens (including phenoxy) is 2. The lowest BCUT2D eigenvalue weighted by Gasteiger charge is -2.22. The zero-order valence-corrected chi connectivity index (χ0v) is 21.2. The number of amides is 3. The zero-order valence-electron chi connectivity index (χ0n) is 21.2. The topological polar surface area (TPSA) is 123 Å². The Balaban J connectivity index is 1.56. The summed E-state index contributed by atoms with van der Waals surface area (Å²) in [5, 5.41) is 2.38. The van der Waals surface area contributed by atoms with Gasteiger partial charge in [-0.05, 0) is 55.4 Å². The van der Waals surface area contributed by atoms with E-state index in [4.69, 9.17) is 9.47 Å². The maximum absolute atomic E-state index is 12.7. The summed E-state index contributed by atoms with van der Waals surface area (Å²) in [6, 6.07) is 14.9. The van der Waals surface area contributed by atoms with Crippen LogP contribution in [-0.2, 0) is 23.9 Å². The highest BCUT2D eigenvalue weighted by molar-refractivity contribution is 6.33. The first kappa shape index (κ1) is 26.7. The third-order valence-corrected chi connectivity index (χ3v) is 5.54. The van der Waals surface area contributed by atoms with Gasteiger partial charge in [0.25, 0.3) is 5.91 Å². The molecule has 0 aromatic heterocycles. The predicted octanol–water partition coefficient (Wildman–Crippen LogP) is 3.43. The zero-order chi connectivity index (χ0) is 26.5. The fourth-order valence-electron chi connectivity index (χ4n) is 4.08. The molecule has 0 spiro atoms. The van der Waals surface area contributed by atoms with Crippen molar-refractivity contribution in [3.63, 3.8) is 0 Å². The van der Waals surface area contributed by atoms with E-state index in [1.54, 1.807) is 20.8 Å². The van der Waals surface area contributed by atoms with E-state index in [0.29, 0.717) is 0 Å². The van der Waals surface area contributed by atoms with Crippen LogP contribution in [0, 0.1) is 5.92 Å². The van der Waals surface area contributed by atoms with Gasteiger partial charge in [0.2, 0.25) is 0 Å². The Bertz CT molecular complexity index is 1090. The van der Waals surface area contributed by atoms with Crippen molar-refractivity contribution in [2.24, 2.45) is 5.92 Å². The molecular formula is C27H33N3O6. The van der Waals surface area contributed by atoms with Crippen molar-refractivity contribution in [1.29, 1.82) is 0 Å². The van der Waals surface area contributed by atoms with Crippen molar-refractivity contribution in [3.8, 4) is 11.1 Å². The minimum absolute atomic E-state index is 0.0224. The highest BCUT2D eigenvalue weighted by Crippen LogP contribution is 2.44. The molecule has 0 bridgehead atoms. The largest absolute Gasteiger partial charge is 0.453 e. The number of esters is 1. The van der Waals surface area contributed by atoms with Crippen LogP contribution in [0.4, 0.5) is 4.79 Å². The number of rotatable bonds is 6. The standard InChI is InChI=1S/C27H33N3O6/c1-16(2)14-22(28-24(32)25(33)36-27(3,4)5)23(31)29-30-26(34)35-15-21-19-12-8-6-10-17(19)18-11-7-9-13-20(18)21/h6-13,16,21-22H,14-15H2,1-5H3,(H,28,32)(H,29,31)(H,30,34)/t22-/m0/s1. The Morgan fingerprint density at radius 2 is 1.44 bits per heavy atom. The molecule has 2 aromatic rings. The molecule has 0 saturated carbocycles. The van der Waals surface area contributed by atoms with Gasteiger partial charge in [-0.1, -0.05) is 62.4 Å². The summed E-state index contributed by atoms with van der Waals surface area (Å²) < 4.78 is 10.4. The molecule has 3 N–H and O–H groups in total. The molecule has 2 aromatic carbocycles. The van der Waals surface area contributed by atoms with Crippen molar-refractivity contribution in [3.05, 3.63) is 59.7 Å². The smallest absolute Gasteiger partial charge is 0.426 e. The van der Waals surface area contributed by atoms with Crippen LogP contribution in [0.1, 0.15) is 58.1 Å². The first-order valence-electron chi connectivity index (χ1n) is 11.9. The van der Waals surface area contributed by atoms with Crippen molar-refractivity contribution < 1.29 is 28.7 Å². The van der Waals surface area contributed by atoms with Gasteiger partial charge in [-0.25, -0.2) is 15.0 Å². The van der Waals surface area contributed by atoms with Crippen LogP contribution >= 0.6 is 0 Å². The number of hydrogen-bond donors (Lipinski definition) is 3. The van der Waals surface area contributed by atoms with Crippen molar-refractivity contribution >= 4 is 23.9 Å². The summed E-state index contributed by atoms with van der Waals surface area (Å²) in [4.78, 5) is 49.2. The summed E-state index contributed by atoms with van der Waals surface area (Å²) in [6.45, 7) is 8.71. The van der Waals surface area contributed by atoms with E-state index in [-0.39, 0.29) is 24.9 Å². The Morgan fingerprint density at radius 1 is 0.889 bits per heavy atom. The summed E-state index contributed by atoms with van der Waals surface area (Å²) in [5.74, 6) is -2.91. The molecule has 0 aliphatic heterocycles. The number of nitrogens with one attached hydrogen (secondary N) is 3.